The molecule has 0 aromatic carbocycles. The van der Waals surface area contributed by atoms with Crippen LogP contribution in [0.5, 0.6) is 0 Å². The van der Waals surface area contributed by atoms with E-state index in [0.717, 1.165) is 39.0 Å². The van der Waals surface area contributed by atoms with Gasteiger partial charge in [-0.3, -0.25) is 4.90 Å². The summed E-state index contributed by atoms with van der Waals surface area (Å²) in [7, 11) is 0. The molecule has 0 aromatic heterocycles. The molecule has 2 atom stereocenters. The Bertz CT molecular complexity index is 318. The average Bonchev–Trinajstić information content (AvgIpc) is 2.34. The molecule has 1 saturated heterocycles. The summed E-state index contributed by atoms with van der Waals surface area (Å²) in [5.74, 6) is 0. The van der Waals surface area contributed by atoms with Crippen LogP contribution in [0, 0.1) is 10.8 Å². The van der Waals surface area contributed by atoms with Crippen molar-refractivity contribution >= 4 is 6.29 Å². The number of morpholine rings is 1. The van der Waals surface area contributed by atoms with E-state index in [2.05, 4.69) is 30.9 Å². The second kappa shape index (κ2) is 4.54. The van der Waals surface area contributed by atoms with Gasteiger partial charge in [-0.1, -0.05) is 26.0 Å². The number of allylic oxidation sites excluding steroid dienone is 1. The average molecular weight is 237 g/mol. The molecule has 1 heterocycles. The Morgan fingerprint density at radius 1 is 1.24 bits per heavy atom. The molecule has 0 bridgehead atoms. The van der Waals surface area contributed by atoms with Crippen molar-refractivity contribution in [2.24, 2.45) is 10.8 Å². The Hall–Kier alpha value is -0.670. The Kier molecular flexibility index (Phi) is 3.41. The largest absolute Gasteiger partial charge is 0.379 e. The molecular weight excluding hydrogens is 214 g/mol. The molecule has 1 aliphatic carbocycles. The zero-order valence-electron chi connectivity index (χ0n) is 11.1. The fraction of sp³-hybridized carbons (Fsp3) is 0.786. The van der Waals surface area contributed by atoms with Crippen molar-refractivity contribution in [3.05, 3.63) is 12.2 Å². The Labute approximate surface area is 104 Å². The number of ether oxygens (including phenoxy) is 1. The Morgan fingerprint density at radius 3 is 2.47 bits per heavy atom. The molecule has 2 rings (SSSR count). The smallest absolute Gasteiger partial charge is 0.131 e. The topological polar surface area (TPSA) is 29.5 Å². The molecular formula is C14H23NO2. The molecule has 96 valence electrons. The van der Waals surface area contributed by atoms with Gasteiger partial charge in [0.15, 0.2) is 0 Å². The van der Waals surface area contributed by atoms with E-state index in [-0.39, 0.29) is 10.8 Å². The van der Waals surface area contributed by atoms with E-state index in [0.29, 0.717) is 6.04 Å². The van der Waals surface area contributed by atoms with Crippen LogP contribution in [0.4, 0.5) is 0 Å². The van der Waals surface area contributed by atoms with Crippen molar-refractivity contribution in [1.82, 2.24) is 4.90 Å². The maximum absolute atomic E-state index is 11.4. The molecule has 0 spiro atoms. The third-order valence-electron chi connectivity index (χ3n) is 4.07. The van der Waals surface area contributed by atoms with Crippen LogP contribution in [-0.4, -0.2) is 43.5 Å². The minimum absolute atomic E-state index is 0.186. The van der Waals surface area contributed by atoms with Gasteiger partial charge in [-0.2, -0.15) is 0 Å². The summed E-state index contributed by atoms with van der Waals surface area (Å²) in [6.07, 6.45) is 6.44. The Morgan fingerprint density at radius 2 is 1.88 bits per heavy atom. The number of carbonyl (C=O) groups excluding carboxylic acids is 1. The maximum atomic E-state index is 11.4. The highest BCUT2D eigenvalue weighted by molar-refractivity contribution is 5.64. The van der Waals surface area contributed by atoms with Crippen LogP contribution in [0.25, 0.3) is 0 Å². The molecule has 2 aliphatic rings. The van der Waals surface area contributed by atoms with Crippen LogP contribution in [0.3, 0.4) is 0 Å². The third kappa shape index (κ3) is 2.61. The normalized spacial score (nSPS) is 37.9. The molecule has 0 amide bonds. The minimum atomic E-state index is -0.340. The number of rotatable bonds is 2. The van der Waals surface area contributed by atoms with Gasteiger partial charge in [-0.05, 0) is 18.8 Å². The van der Waals surface area contributed by atoms with E-state index in [9.17, 15) is 4.79 Å². The number of carbonyl (C=O) groups is 1. The van der Waals surface area contributed by atoms with Gasteiger partial charge >= 0.3 is 0 Å². The third-order valence-corrected chi connectivity index (χ3v) is 4.07. The van der Waals surface area contributed by atoms with Crippen LogP contribution in [0.1, 0.15) is 27.2 Å². The summed E-state index contributed by atoms with van der Waals surface area (Å²) < 4.78 is 5.40. The lowest BCUT2D eigenvalue weighted by atomic mass is 9.68. The van der Waals surface area contributed by atoms with Gasteiger partial charge in [0.05, 0.1) is 18.6 Å². The number of aldehydes is 1. The predicted octanol–water partition coefficient (Wildman–Crippen LogP) is 1.88. The predicted molar refractivity (Wildman–Crippen MR) is 67.9 cm³/mol. The summed E-state index contributed by atoms with van der Waals surface area (Å²) in [6, 6.07) is 0.309. The Balaban J connectivity index is 2.22. The first-order chi connectivity index (χ1) is 7.97. The SMILES string of the molecule is CC1(C)C=CC(C)(C=O)C(N2CCOCC2)C1. The van der Waals surface area contributed by atoms with Crippen molar-refractivity contribution in [3.8, 4) is 0 Å². The van der Waals surface area contributed by atoms with Crippen LogP contribution < -0.4 is 0 Å². The van der Waals surface area contributed by atoms with E-state index >= 15 is 0 Å². The summed E-state index contributed by atoms with van der Waals surface area (Å²) in [5.41, 5.74) is -0.154. The molecule has 2 unspecified atom stereocenters. The van der Waals surface area contributed by atoms with Gasteiger partial charge in [-0.15, -0.1) is 0 Å². The van der Waals surface area contributed by atoms with Crippen LogP contribution >= 0.6 is 0 Å². The van der Waals surface area contributed by atoms with Gasteiger partial charge in [-0.25, -0.2) is 0 Å². The van der Waals surface area contributed by atoms with Crippen molar-refractivity contribution in [1.29, 1.82) is 0 Å². The molecule has 1 aliphatic heterocycles. The molecule has 1 fully saturated rings. The van der Waals surface area contributed by atoms with Gasteiger partial charge < -0.3 is 9.53 Å². The second-order valence-electron chi connectivity index (χ2n) is 6.17. The molecule has 17 heavy (non-hydrogen) atoms. The van der Waals surface area contributed by atoms with Crippen LogP contribution in [0.15, 0.2) is 12.2 Å². The maximum Gasteiger partial charge on any atom is 0.131 e. The van der Waals surface area contributed by atoms with Crippen molar-refractivity contribution < 1.29 is 9.53 Å². The lowest BCUT2D eigenvalue weighted by molar-refractivity contribution is -0.119. The monoisotopic (exact) mass is 237 g/mol. The molecule has 0 saturated carbocycles. The highest BCUT2D eigenvalue weighted by Crippen LogP contribution is 2.41. The summed E-state index contributed by atoms with van der Waals surface area (Å²) in [4.78, 5) is 13.9. The van der Waals surface area contributed by atoms with E-state index in [1.54, 1.807) is 0 Å². The van der Waals surface area contributed by atoms with Gasteiger partial charge in [0.1, 0.15) is 6.29 Å². The van der Waals surface area contributed by atoms with E-state index in [1.165, 1.54) is 0 Å². The molecule has 0 N–H and O–H groups in total. The molecule has 3 nitrogen and oxygen atoms in total. The summed E-state index contributed by atoms with van der Waals surface area (Å²) in [6.45, 7) is 9.98. The van der Waals surface area contributed by atoms with E-state index < -0.39 is 0 Å². The number of nitrogens with zero attached hydrogens (tertiary/aromatic N) is 1. The van der Waals surface area contributed by atoms with Crippen molar-refractivity contribution in [2.45, 2.75) is 33.2 Å². The van der Waals surface area contributed by atoms with Gasteiger partial charge in [0.25, 0.3) is 0 Å². The summed E-state index contributed by atoms with van der Waals surface area (Å²) >= 11 is 0. The second-order valence-corrected chi connectivity index (χ2v) is 6.17. The first-order valence-electron chi connectivity index (χ1n) is 6.45. The summed E-state index contributed by atoms with van der Waals surface area (Å²) in [5, 5.41) is 0. The van der Waals surface area contributed by atoms with Crippen LogP contribution in [0.2, 0.25) is 0 Å². The zero-order valence-corrected chi connectivity index (χ0v) is 11.1. The fourth-order valence-corrected chi connectivity index (χ4v) is 2.83. The first-order valence-corrected chi connectivity index (χ1v) is 6.45. The molecule has 3 heteroatoms. The standard InChI is InChI=1S/C14H23NO2/c1-13(2)4-5-14(3,11-16)12(10-13)15-6-8-17-9-7-15/h4-5,11-12H,6-10H2,1-3H3. The lowest BCUT2D eigenvalue weighted by Gasteiger charge is -2.47. The number of hydrogen-bond donors (Lipinski definition) is 0. The van der Waals surface area contributed by atoms with E-state index in [4.69, 9.17) is 4.74 Å². The minimum Gasteiger partial charge on any atom is -0.379 e. The molecule has 0 radical (unpaired) electrons. The van der Waals surface area contributed by atoms with Gasteiger partial charge in [0, 0.05) is 19.1 Å². The highest BCUT2D eigenvalue weighted by Gasteiger charge is 2.42. The molecule has 0 aromatic rings. The lowest BCUT2D eigenvalue weighted by Crippen LogP contribution is -2.54. The number of hydrogen-bond acceptors (Lipinski definition) is 3. The quantitative estimate of drug-likeness (QED) is 0.542. The van der Waals surface area contributed by atoms with Gasteiger partial charge in [0.2, 0.25) is 0 Å². The first kappa shape index (κ1) is 12.8. The van der Waals surface area contributed by atoms with Crippen LogP contribution in [-0.2, 0) is 9.53 Å². The van der Waals surface area contributed by atoms with Crippen molar-refractivity contribution in [2.75, 3.05) is 26.3 Å². The zero-order chi connectivity index (χ0) is 12.5. The highest BCUT2D eigenvalue weighted by atomic mass is 16.5. The fourth-order valence-electron chi connectivity index (χ4n) is 2.83. The van der Waals surface area contributed by atoms with Crippen molar-refractivity contribution in [3.63, 3.8) is 0 Å². The van der Waals surface area contributed by atoms with E-state index in [1.807, 2.05) is 6.92 Å².